The zero-order valence-corrected chi connectivity index (χ0v) is 18.3. The van der Waals surface area contributed by atoms with Crippen molar-refractivity contribution in [2.45, 2.75) is 20.8 Å². The first-order valence-electron chi connectivity index (χ1n) is 9.67. The van der Waals surface area contributed by atoms with E-state index in [4.69, 9.17) is 0 Å². The van der Waals surface area contributed by atoms with E-state index in [0.717, 1.165) is 31.7 Å². The molecule has 1 aliphatic rings. The molecule has 0 unspecified atom stereocenters. The van der Waals surface area contributed by atoms with Crippen LogP contribution in [0.25, 0.3) is 0 Å². The van der Waals surface area contributed by atoms with Crippen LogP contribution in [-0.4, -0.2) is 42.1 Å². The van der Waals surface area contributed by atoms with Crippen molar-refractivity contribution >= 4 is 29.7 Å². The fourth-order valence-electron chi connectivity index (χ4n) is 3.47. The number of hydrogen-bond acceptors (Lipinski definition) is 5. The number of phenolic OH excluding ortho intramolecular Hbond substituents is 1. The van der Waals surface area contributed by atoms with Crippen molar-refractivity contribution in [3.05, 3.63) is 64.9 Å². The lowest BCUT2D eigenvalue weighted by Crippen LogP contribution is -2.44. The zero-order valence-electron chi connectivity index (χ0n) is 17.5. The van der Waals surface area contributed by atoms with Gasteiger partial charge in [0.15, 0.2) is 0 Å². The van der Waals surface area contributed by atoms with Crippen LogP contribution in [0, 0.1) is 32.1 Å². The number of halogens is 1. The number of amides is 1. The Morgan fingerprint density at radius 1 is 1.10 bits per heavy atom. The van der Waals surface area contributed by atoms with Crippen molar-refractivity contribution in [2.24, 2.45) is 0 Å². The Balaban J connectivity index is 0.00000320. The van der Waals surface area contributed by atoms with Crippen molar-refractivity contribution in [1.29, 1.82) is 5.26 Å². The molecule has 1 fully saturated rings. The molecule has 0 aliphatic carbocycles. The number of nitriles is 1. The highest BCUT2D eigenvalue weighted by Gasteiger charge is 2.19. The number of aryl methyl sites for hydroxylation is 2. The van der Waals surface area contributed by atoms with Crippen LogP contribution in [-0.2, 0) is 4.79 Å². The molecule has 2 N–H and O–H groups in total. The number of nitrogens with zero attached hydrogens (tertiary/aromatic N) is 3. The summed E-state index contributed by atoms with van der Waals surface area (Å²) in [5.74, 6) is -0.309. The van der Waals surface area contributed by atoms with Crippen LogP contribution < -0.4 is 10.2 Å². The molecule has 0 bridgehead atoms. The first kappa shape index (κ1) is 23.1. The molecule has 2 aromatic rings. The molecule has 0 spiro atoms. The van der Waals surface area contributed by atoms with Crippen molar-refractivity contribution in [2.75, 3.05) is 36.4 Å². The molecule has 7 heteroatoms. The van der Waals surface area contributed by atoms with E-state index < -0.39 is 5.91 Å². The number of benzene rings is 2. The average molecular weight is 427 g/mol. The standard InChI is InChI=1S/C23H26N4O2.ClH/c1-16-5-4-6-22(18(16)3)27-11-9-26(10-12-27)15-19(14-24)23(29)25-21-8-7-20(28)13-17(21)2;/h4-8,13,15,28H,9-12H2,1-3H3,(H,25,29);1H/b19-15-;. The van der Waals surface area contributed by atoms with Crippen LogP contribution in [0.5, 0.6) is 5.75 Å². The summed E-state index contributed by atoms with van der Waals surface area (Å²) in [6, 6.07) is 13.0. The van der Waals surface area contributed by atoms with E-state index in [0.29, 0.717) is 5.69 Å². The number of hydrogen-bond donors (Lipinski definition) is 2. The molecule has 0 saturated carbocycles. The summed E-state index contributed by atoms with van der Waals surface area (Å²) in [5.41, 5.74) is 5.19. The smallest absolute Gasteiger partial charge is 0.267 e. The number of phenols is 1. The van der Waals surface area contributed by atoms with E-state index in [1.807, 2.05) is 11.0 Å². The molecule has 6 nitrogen and oxygen atoms in total. The SMILES string of the molecule is Cc1cc(O)ccc1NC(=O)/C(C#N)=C\N1CCN(c2cccc(C)c2C)CC1.Cl. The van der Waals surface area contributed by atoms with Crippen molar-refractivity contribution in [3.8, 4) is 11.8 Å². The van der Waals surface area contributed by atoms with Gasteiger partial charge in [-0.05, 0) is 61.7 Å². The molecule has 1 aliphatic heterocycles. The summed E-state index contributed by atoms with van der Waals surface area (Å²) in [7, 11) is 0. The minimum Gasteiger partial charge on any atom is -0.508 e. The second-order valence-electron chi connectivity index (χ2n) is 7.35. The van der Waals surface area contributed by atoms with Gasteiger partial charge in [-0.1, -0.05) is 12.1 Å². The Hall–Kier alpha value is -3.17. The maximum absolute atomic E-state index is 12.5. The number of anilines is 2. The summed E-state index contributed by atoms with van der Waals surface area (Å²) in [5, 5.41) is 21.7. The summed E-state index contributed by atoms with van der Waals surface area (Å²) in [6.07, 6.45) is 1.64. The van der Waals surface area contributed by atoms with Gasteiger partial charge in [0.25, 0.3) is 5.91 Å². The number of carbonyl (C=O) groups excluding carboxylic acids is 1. The molecule has 1 heterocycles. The second-order valence-corrected chi connectivity index (χ2v) is 7.35. The first-order chi connectivity index (χ1) is 13.9. The van der Waals surface area contributed by atoms with E-state index in [1.54, 1.807) is 25.3 Å². The second kappa shape index (κ2) is 10.0. The number of rotatable bonds is 4. The highest BCUT2D eigenvalue weighted by Crippen LogP contribution is 2.24. The lowest BCUT2D eigenvalue weighted by molar-refractivity contribution is -0.112. The molecule has 158 valence electrons. The van der Waals surface area contributed by atoms with Gasteiger partial charge in [-0.2, -0.15) is 5.26 Å². The Morgan fingerprint density at radius 2 is 1.80 bits per heavy atom. The molecule has 0 atom stereocenters. The molecule has 0 radical (unpaired) electrons. The maximum Gasteiger partial charge on any atom is 0.267 e. The molecule has 30 heavy (non-hydrogen) atoms. The molecule has 2 aromatic carbocycles. The van der Waals surface area contributed by atoms with Crippen LogP contribution in [0.2, 0.25) is 0 Å². The molecule has 1 saturated heterocycles. The average Bonchev–Trinajstić information content (AvgIpc) is 2.71. The predicted molar refractivity (Wildman–Crippen MR) is 122 cm³/mol. The van der Waals surface area contributed by atoms with Crippen LogP contribution in [0.4, 0.5) is 11.4 Å². The molecular formula is C23H27ClN4O2. The monoisotopic (exact) mass is 426 g/mol. The van der Waals surface area contributed by atoms with Crippen LogP contribution >= 0.6 is 12.4 Å². The van der Waals surface area contributed by atoms with Gasteiger partial charge in [-0.3, -0.25) is 4.79 Å². The van der Waals surface area contributed by atoms with Gasteiger partial charge in [-0.15, -0.1) is 12.4 Å². The quantitative estimate of drug-likeness (QED) is 0.440. The van der Waals surface area contributed by atoms with Crippen molar-refractivity contribution in [3.63, 3.8) is 0 Å². The Bertz CT molecular complexity index is 989. The normalized spacial score (nSPS) is 14.0. The van der Waals surface area contributed by atoms with Gasteiger partial charge in [0.2, 0.25) is 0 Å². The van der Waals surface area contributed by atoms with Crippen LogP contribution in [0.3, 0.4) is 0 Å². The molecule has 0 aromatic heterocycles. The highest BCUT2D eigenvalue weighted by molar-refractivity contribution is 6.06. The Labute approximate surface area is 183 Å². The van der Waals surface area contributed by atoms with E-state index in [-0.39, 0.29) is 23.7 Å². The third-order valence-electron chi connectivity index (χ3n) is 5.37. The summed E-state index contributed by atoms with van der Waals surface area (Å²) in [6.45, 7) is 9.19. The minimum absolute atomic E-state index is 0. The van der Waals surface area contributed by atoms with Crippen molar-refractivity contribution < 1.29 is 9.90 Å². The molecule has 1 amide bonds. The molecular weight excluding hydrogens is 400 g/mol. The summed E-state index contributed by atoms with van der Waals surface area (Å²) >= 11 is 0. The fourth-order valence-corrected chi connectivity index (χ4v) is 3.47. The van der Waals surface area contributed by atoms with E-state index in [9.17, 15) is 15.2 Å². The van der Waals surface area contributed by atoms with E-state index >= 15 is 0 Å². The lowest BCUT2D eigenvalue weighted by Gasteiger charge is -2.36. The fraction of sp³-hybridized carbons (Fsp3) is 0.304. The van der Waals surface area contributed by atoms with E-state index in [2.05, 4.69) is 42.3 Å². The maximum atomic E-state index is 12.5. The van der Waals surface area contributed by atoms with Gasteiger partial charge in [0, 0.05) is 43.8 Å². The highest BCUT2D eigenvalue weighted by atomic mass is 35.5. The molecule has 3 rings (SSSR count). The van der Waals surface area contributed by atoms with Crippen LogP contribution in [0.15, 0.2) is 48.2 Å². The van der Waals surface area contributed by atoms with E-state index in [1.165, 1.54) is 22.9 Å². The van der Waals surface area contributed by atoms with Crippen molar-refractivity contribution in [1.82, 2.24) is 4.90 Å². The topological polar surface area (TPSA) is 79.6 Å². The third kappa shape index (κ3) is 5.25. The number of piperazine rings is 1. The number of carbonyl (C=O) groups is 1. The van der Waals surface area contributed by atoms with Crippen LogP contribution in [0.1, 0.15) is 16.7 Å². The summed E-state index contributed by atoms with van der Waals surface area (Å²) in [4.78, 5) is 16.9. The third-order valence-corrected chi connectivity index (χ3v) is 5.37. The Morgan fingerprint density at radius 3 is 2.43 bits per heavy atom. The summed E-state index contributed by atoms with van der Waals surface area (Å²) < 4.78 is 0. The van der Waals surface area contributed by atoms with Gasteiger partial charge in [0.05, 0.1) is 0 Å². The first-order valence-corrected chi connectivity index (χ1v) is 9.67. The number of nitrogens with one attached hydrogen (secondary N) is 1. The minimum atomic E-state index is -0.446. The Kier molecular flexibility index (Phi) is 7.73. The van der Waals surface area contributed by atoms with Gasteiger partial charge < -0.3 is 20.2 Å². The lowest BCUT2D eigenvalue weighted by atomic mass is 10.1. The predicted octanol–water partition coefficient (Wildman–Crippen LogP) is 3.91. The van der Waals surface area contributed by atoms with Gasteiger partial charge in [-0.25, -0.2) is 0 Å². The van der Waals surface area contributed by atoms with Gasteiger partial charge in [0.1, 0.15) is 17.4 Å². The largest absolute Gasteiger partial charge is 0.508 e. The van der Waals surface area contributed by atoms with Gasteiger partial charge >= 0.3 is 0 Å². The zero-order chi connectivity index (χ0) is 21.0. The number of aromatic hydroxyl groups is 1.